The summed E-state index contributed by atoms with van der Waals surface area (Å²) in [5.41, 5.74) is 0.0826. The normalized spacial score (nSPS) is 12.0. The molecule has 0 saturated carbocycles. The highest BCUT2D eigenvalue weighted by atomic mass is 35.5. The maximum atomic E-state index is 13.5. The van der Waals surface area contributed by atoms with Gasteiger partial charge in [0.25, 0.3) is 0 Å². The highest BCUT2D eigenvalue weighted by Crippen LogP contribution is 2.29. The third-order valence-electron chi connectivity index (χ3n) is 4.44. The van der Waals surface area contributed by atoms with E-state index in [2.05, 4.69) is 18.7 Å². The first-order valence-corrected chi connectivity index (χ1v) is 8.05. The summed E-state index contributed by atoms with van der Waals surface area (Å²) in [7, 11) is 0. The Hall–Kier alpha value is -0.930. The summed E-state index contributed by atoms with van der Waals surface area (Å²) >= 11 is 5.98. The van der Waals surface area contributed by atoms with E-state index in [1.54, 1.807) is 12.1 Å². The summed E-state index contributed by atoms with van der Waals surface area (Å²) in [5.74, 6) is -0.355. The first-order valence-electron chi connectivity index (χ1n) is 7.67. The Labute approximate surface area is 132 Å². The lowest BCUT2D eigenvalue weighted by molar-refractivity contribution is -0.131. The molecule has 0 aliphatic carbocycles. The molecule has 0 amide bonds. The van der Waals surface area contributed by atoms with Crippen molar-refractivity contribution >= 4 is 17.4 Å². The number of Topliss-reactive ketones (excluding diaryl/α,β-unsaturated/α-hetero) is 1. The SMILES string of the molecule is CCN(CC)C(CC)(CC)C(=O)Cc1cccc(F)c1Cl. The molecular formula is C17H25ClFNO. The molecule has 0 aromatic heterocycles. The van der Waals surface area contributed by atoms with E-state index in [1.807, 2.05) is 13.8 Å². The van der Waals surface area contributed by atoms with Gasteiger partial charge < -0.3 is 0 Å². The van der Waals surface area contributed by atoms with Crippen LogP contribution >= 0.6 is 11.6 Å². The zero-order valence-corrected chi connectivity index (χ0v) is 14.1. The van der Waals surface area contributed by atoms with Gasteiger partial charge in [-0.1, -0.05) is 51.4 Å². The zero-order valence-electron chi connectivity index (χ0n) is 13.4. The van der Waals surface area contributed by atoms with Crippen LogP contribution in [0.1, 0.15) is 46.1 Å². The van der Waals surface area contributed by atoms with Crippen molar-refractivity contribution in [2.75, 3.05) is 13.1 Å². The highest BCUT2D eigenvalue weighted by Gasteiger charge is 2.39. The molecule has 0 saturated heterocycles. The van der Waals surface area contributed by atoms with Gasteiger partial charge in [0.2, 0.25) is 0 Å². The molecule has 4 heteroatoms. The van der Waals surface area contributed by atoms with Crippen molar-refractivity contribution < 1.29 is 9.18 Å². The van der Waals surface area contributed by atoms with Gasteiger partial charge in [0, 0.05) is 6.42 Å². The van der Waals surface area contributed by atoms with Crippen molar-refractivity contribution in [3.8, 4) is 0 Å². The van der Waals surface area contributed by atoms with Crippen molar-refractivity contribution in [1.29, 1.82) is 0 Å². The molecule has 0 atom stereocenters. The summed E-state index contributed by atoms with van der Waals surface area (Å²) in [6.45, 7) is 9.83. The molecule has 1 rings (SSSR count). The molecule has 1 aromatic carbocycles. The van der Waals surface area contributed by atoms with Crippen LogP contribution in [0.2, 0.25) is 5.02 Å². The van der Waals surface area contributed by atoms with Crippen LogP contribution in [-0.2, 0) is 11.2 Å². The fourth-order valence-electron chi connectivity index (χ4n) is 3.12. The average molecular weight is 314 g/mol. The lowest BCUT2D eigenvalue weighted by Gasteiger charge is -2.41. The first kappa shape index (κ1) is 18.1. The van der Waals surface area contributed by atoms with E-state index in [0.29, 0.717) is 5.56 Å². The third-order valence-corrected chi connectivity index (χ3v) is 4.86. The van der Waals surface area contributed by atoms with Gasteiger partial charge in [0.05, 0.1) is 10.6 Å². The Balaban J connectivity index is 3.10. The largest absolute Gasteiger partial charge is 0.297 e. The van der Waals surface area contributed by atoms with Gasteiger partial charge in [-0.15, -0.1) is 0 Å². The smallest absolute Gasteiger partial charge is 0.157 e. The van der Waals surface area contributed by atoms with E-state index in [1.165, 1.54) is 6.07 Å². The monoisotopic (exact) mass is 313 g/mol. The van der Waals surface area contributed by atoms with Crippen LogP contribution in [-0.4, -0.2) is 29.3 Å². The summed E-state index contributed by atoms with van der Waals surface area (Å²) in [6.07, 6.45) is 1.67. The third kappa shape index (κ3) is 3.64. The van der Waals surface area contributed by atoms with E-state index in [9.17, 15) is 9.18 Å². The maximum Gasteiger partial charge on any atom is 0.157 e. The van der Waals surface area contributed by atoms with Gasteiger partial charge in [-0.3, -0.25) is 9.69 Å². The molecular weight excluding hydrogens is 289 g/mol. The molecule has 0 bridgehead atoms. The number of rotatable bonds is 8. The second kappa shape index (κ2) is 7.90. The van der Waals surface area contributed by atoms with Crippen LogP contribution in [0.15, 0.2) is 18.2 Å². The van der Waals surface area contributed by atoms with Crippen LogP contribution in [0.3, 0.4) is 0 Å². The zero-order chi connectivity index (χ0) is 16.0. The van der Waals surface area contributed by atoms with Crippen LogP contribution in [0, 0.1) is 5.82 Å². The van der Waals surface area contributed by atoms with E-state index < -0.39 is 11.4 Å². The number of likely N-dealkylation sites (N-methyl/N-ethyl adjacent to an activating group) is 1. The van der Waals surface area contributed by atoms with Gasteiger partial charge >= 0.3 is 0 Å². The van der Waals surface area contributed by atoms with E-state index >= 15 is 0 Å². The number of carbonyl (C=O) groups is 1. The second-order valence-corrected chi connectivity index (χ2v) is 5.60. The number of ketones is 1. The molecule has 0 radical (unpaired) electrons. The predicted molar refractivity (Wildman–Crippen MR) is 86.4 cm³/mol. The van der Waals surface area contributed by atoms with Crippen LogP contribution < -0.4 is 0 Å². The van der Waals surface area contributed by atoms with Crippen LogP contribution in [0.25, 0.3) is 0 Å². The molecule has 1 aromatic rings. The molecule has 0 aliphatic rings. The Kier molecular flexibility index (Phi) is 6.82. The topological polar surface area (TPSA) is 20.3 Å². The molecule has 0 heterocycles. The summed E-state index contributed by atoms with van der Waals surface area (Å²) in [6, 6.07) is 4.63. The van der Waals surface area contributed by atoms with Crippen molar-refractivity contribution in [1.82, 2.24) is 4.90 Å². The molecule has 0 aliphatic heterocycles. The van der Waals surface area contributed by atoms with Crippen molar-refractivity contribution in [2.24, 2.45) is 0 Å². The van der Waals surface area contributed by atoms with Crippen LogP contribution in [0.4, 0.5) is 4.39 Å². The molecule has 0 spiro atoms. The summed E-state index contributed by atoms with van der Waals surface area (Å²) < 4.78 is 13.5. The van der Waals surface area contributed by atoms with E-state index in [-0.39, 0.29) is 17.2 Å². The fraction of sp³-hybridized carbons (Fsp3) is 0.588. The summed E-state index contributed by atoms with van der Waals surface area (Å²) in [4.78, 5) is 15.1. The maximum absolute atomic E-state index is 13.5. The lowest BCUT2D eigenvalue weighted by atomic mass is 9.83. The molecule has 21 heavy (non-hydrogen) atoms. The minimum absolute atomic E-state index is 0.0616. The van der Waals surface area contributed by atoms with Gasteiger partial charge in [-0.2, -0.15) is 0 Å². The average Bonchev–Trinajstić information content (AvgIpc) is 2.49. The van der Waals surface area contributed by atoms with Crippen molar-refractivity contribution in [3.63, 3.8) is 0 Å². The molecule has 0 N–H and O–H groups in total. The fourth-order valence-corrected chi connectivity index (χ4v) is 3.31. The lowest BCUT2D eigenvalue weighted by Crippen LogP contribution is -2.54. The van der Waals surface area contributed by atoms with Gasteiger partial charge in [0.15, 0.2) is 5.78 Å². The minimum Gasteiger partial charge on any atom is -0.297 e. The van der Waals surface area contributed by atoms with Crippen molar-refractivity contribution in [2.45, 2.75) is 52.5 Å². The van der Waals surface area contributed by atoms with Gasteiger partial charge in [-0.05, 0) is 37.6 Å². The quantitative estimate of drug-likeness (QED) is 0.704. The number of benzene rings is 1. The predicted octanol–water partition coefficient (Wildman–Crippen LogP) is 4.49. The Morgan fingerprint density at radius 1 is 1.19 bits per heavy atom. The van der Waals surface area contributed by atoms with E-state index in [0.717, 1.165) is 25.9 Å². The van der Waals surface area contributed by atoms with Crippen LogP contribution in [0.5, 0.6) is 0 Å². The van der Waals surface area contributed by atoms with Gasteiger partial charge in [-0.25, -0.2) is 4.39 Å². The molecule has 0 unspecified atom stereocenters. The molecule has 0 fully saturated rings. The Bertz CT molecular complexity index is 482. The minimum atomic E-state index is -0.487. The number of carbonyl (C=O) groups excluding carboxylic acids is 1. The highest BCUT2D eigenvalue weighted by molar-refractivity contribution is 6.31. The number of hydrogen-bond acceptors (Lipinski definition) is 2. The summed E-state index contributed by atoms with van der Waals surface area (Å²) in [5, 5.41) is 0.0616. The Morgan fingerprint density at radius 3 is 2.24 bits per heavy atom. The Morgan fingerprint density at radius 2 is 1.76 bits per heavy atom. The first-order chi connectivity index (χ1) is 9.96. The standard InChI is InChI=1S/C17H25ClFNO/c1-5-17(6-2,20(7-3)8-4)15(21)12-13-10-9-11-14(19)16(13)18/h9-11H,5-8,12H2,1-4H3. The number of hydrogen-bond donors (Lipinski definition) is 0. The number of halogens is 2. The molecule has 2 nitrogen and oxygen atoms in total. The second-order valence-electron chi connectivity index (χ2n) is 5.22. The molecule has 118 valence electrons. The van der Waals surface area contributed by atoms with Gasteiger partial charge in [0.1, 0.15) is 5.82 Å². The van der Waals surface area contributed by atoms with Crippen molar-refractivity contribution in [3.05, 3.63) is 34.6 Å². The van der Waals surface area contributed by atoms with E-state index in [4.69, 9.17) is 11.6 Å². The number of nitrogens with zero attached hydrogens (tertiary/aromatic N) is 1.